The van der Waals surface area contributed by atoms with E-state index in [2.05, 4.69) is 34.9 Å². The van der Waals surface area contributed by atoms with Crippen LogP contribution in [-0.2, 0) is 6.54 Å². The second-order valence-corrected chi connectivity index (χ2v) is 5.93. The van der Waals surface area contributed by atoms with Crippen molar-refractivity contribution >= 4 is 0 Å². The van der Waals surface area contributed by atoms with Crippen LogP contribution in [0.2, 0.25) is 0 Å². The molecule has 1 saturated heterocycles. The summed E-state index contributed by atoms with van der Waals surface area (Å²) in [5.74, 6) is 1.05. The Bertz CT molecular complexity index is 369. The smallest absolute Gasteiger partial charge is 0.0543 e. The molecule has 0 radical (unpaired) electrons. The number of pyridine rings is 1. The lowest BCUT2D eigenvalue weighted by atomic mass is 9.89. The van der Waals surface area contributed by atoms with Crippen molar-refractivity contribution in [3.63, 3.8) is 0 Å². The first-order valence-corrected chi connectivity index (χ1v) is 7.05. The molecule has 1 aliphatic rings. The fraction of sp³-hybridized carbons (Fsp3) is 0.667. The molecule has 2 heterocycles. The third-order valence-corrected chi connectivity index (χ3v) is 3.69. The first-order valence-electron chi connectivity index (χ1n) is 7.05. The number of aliphatic hydroxyl groups is 1. The van der Waals surface area contributed by atoms with E-state index in [9.17, 15) is 5.11 Å². The molecular formula is C15H25N3O. The summed E-state index contributed by atoms with van der Waals surface area (Å²) in [4.78, 5) is 9.07. The molecule has 4 nitrogen and oxygen atoms in total. The Balaban J connectivity index is 1.95. The lowest BCUT2D eigenvalue weighted by Gasteiger charge is -2.38. The molecule has 2 rings (SSSR count). The molecule has 0 amide bonds. The van der Waals surface area contributed by atoms with Gasteiger partial charge in [-0.2, -0.15) is 0 Å². The normalized spacial score (nSPS) is 24.8. The van der Waals surface area contributed by atoms with Crippen molar-refractivity contribution in [3.8, 4) is 0 Å². The van der Waals surface area contributed by atoms with Crippen LogP contribution in [0, 0.1) is 11.8 Å². The van der Waals surface area contributed by atoms with Crippen LogP contribution in [-0.4, -0.2) is 60.2 Å². The number of hydrogen-bond donors (Lipinski definition) is 1. The van der Waals surface area contributed by atoms with Gasteiger partial charge in [0.1, 0.15) is 0 Å². The number of aliphatic hydroxyl groups excluding tert-OH is 1. The Morgan fingerprint density at radius 3 is 2.74 bits per heavy atom. The number of rotatable bonds is 5. The van der Waals surface area contributed by atoms with Crippen molar-refractivity contribution in [2.75, 3.05) is 40.3 Å². The van der Waals surface area contributed by atoms with E-state index in [-0.39, 0.29) is 0 Å². The van der Waals surface area contributed by atoms with Gasteiger partial charge in [0.05, 0.1) is 5.69 Å². The number of likely N-dealkylation sites (tertiary alicyclic amines) is 1. The summed E-state index contributed by atoms with van der Waals surface area (Å²) in [7, 11) is 4.23. The average Bonchev–Trinajstić information content (AvgIpc) is 2.38. The molecular weight excluding hydrogens is 238 g/mol. The summed E-state index contributed by atoms with van der Waals surface area (Å²) in [6.45, 7) is 4.36. The van der Waals surface area contributed by atoms with Crippen LogP contribution < -0.4 is 0 Å². The maximum atomic E-state index is 9.47. The number of hydrogen-bond acceptors (Lipinski definition) is 4. The predicted octanol–water partition coefficient (Wildman–Crippen LogP) is 1.07. The molecule has 0 unspecified atom stereocenters. The summed E-state index contributed by atoms with van der Waals surface area (Å²) in [5, 5.41) is 9.47. The summed E-state index contributed by atoms with van der Waals surface area (Å²) in [5.41, 5.74) is 1.12. The SMILES string of the molecule is CN(C)C[C@@H]1C[C@@H](CO)CN(Cc2ccccn2)C1. The van der Waals surface area contributed by atoms with Gasteiger partial charge in [0.25, 0.3) is 0 Å². The Labute approximate surface area is 116 Å². The van der Waals surface area contributed by atoms with E-state index in [1.807, 2.05) is 18.3 Å². The van der Waals surface area contributed by atoms with E-state index in [0.29, 0.717) is 18.4 Å². The molecule has 106 valence electrons. The lowest BCUT2D eigenvalue weighted by molar-refractivity contribution is 0.0685. The number of aromatic nitrogens is 1. The average molecular weight is 263 g/mol. The Hall–Kier alpha value is -0.970. The summed E-state index contributed by atoms with van der Waals surface area (Å²) < 4.78 is 0. The summed E-state index contributed by atoms with van der Waals surface area (Å²) in [6, 6.07) is 6.06. The third kappa shape index (κ3) is 4.56. The molecule has 4 heteroatoms. The van der Waals surface area contributed by atoms with Crippen molar-refractivity contribution in [2.45, 2.75) is 13.0 Å². The first kappa shape index (κ1) is 14.4. The first-order chi connectivity index (χ1) is 9.17. The highest BCUT2D eigenvalue weighted by atomic mass is 16.3. The second kappa shape index (κ2) is 6.98. The van der Waals surface area contributed by atoms with Gasteiger partial charge in [0.15, 0.2) is 0 Å². The third-order valence-electron chi connectivity index (χ3n) is 3.69. The zero-order valence-corrected chi connectivity index (χ0v) is 12.0. The van der Waals surface area contributed by atoms with Gasteiger partial charge in [-0.15, -0.1) is 0 Å². The predicted molar refractivity (Wildman–Crippen MR) is 76.8 cm³/mol. The highest BCUT2D eigenvalue weighted by Gasteiger charge is 2.27. The standard InChI is InChI=1S/C15H25N3O/c1-17(2)8-13-7-14(12-19)10-18(9-13)11-15-5-3-4-6-16-15/h3-6,13-14,19H,7-12H2,1-2H3/t13-,14+/m0/s1. The molecule has 1 N–H and O–H groups in total. The van der Waals surface area contributed by atoms with Crippen LogP contribution in [0.1, 0.15) is 12.1 Å². The summed E-state index contributed by atoms with van der Waals surface area (Å²) >= 11 is 0. The van der Waals surface area contributed by atoms with Crippen LogP contribution >= 0.6 is 0 Å². The zero-order valence-electron chi connectivity index (χ0n) is 12.0. The van der Waals surface area contributed by atoms with Crippen LogP contribution in [0.15, 0.2) is 24.4 Å². The van der Waals surface area contributed by atoms with Crippen molar-refractivity contribution < 1.29 is 5.11 Å². The van der Waals surface area contributed by atoms with Gasteiger partial charge in [-0.25, -0.2) is 0 Å². The van der Waals surface area contributed by atoms with Gasteiger partial charge < -0.3 is 10.0 Å². The van der Waals surface area contributed by atoms with Crippen LogP contribution in [0.25, 0.3) is 0 Å². The monoisotopic (exact) mass is 263 g/mol. The fourth-order valence-electron chi connectivity index (χ4n) is 3.06. The zero-order chi connectivity index (χ0) is 13.7. The molecule has 1 fully saturated rings. The molecule has 1 aliphatic heterocycles. The highest BCUT2D eigenvalue weighted by molar-refractivity contribution is 5.03. The molecule has 19 heavy (non-hydrogen) atoms. The Kier molecular flexibility index (Phi) is 5.31. The minimum atomic E-state index is 0.294. The van der Waals surface area contributed by atoms with Gasteiger partial charge in [0.2, 0.25) is 0 Å². The quantitative estimate of drug-likeness (QED) is 0.863. The van der Waals surface area contributed by atoms with E-state index in [0.717, 1.165) is 38.3 Å². The minimum absolute atomic E-state index is 0.294. The number of nitrogens with zero attached hydrogens (tertiary/aromatic N) is 3. The molecule has 0 saturated carbocycles. The molecule has 0 bridgehead atoms. The molecule has 0 aliphatic carbocycles. The lowest BCUT2D eigenvalue weighted by Crippen LogP contribution is -2.44. The van der Waals surface area contributed by atoms with Crippen molar-refractivity contribution in [1.29, 1.82) is 0 Å². The molecule has 0 spiro atoms. The van der Waals surface area contributed by atoms with E-state index in [1.165, 1.54) is 0 Å². The number of piperidine rings is 1. The van der Waals surface area contributed by atoms with Gasteiger partial charge in [-0.05, 0) is 44.5 Å². The van der Waals surface area contributed by atoms with Crippen molar-refractivity contribution in [3.05, 3.63) is 30.1 Å². The van der Waals surface area contributed by atoms with Crippen LogP contribution in [0.4, 0.5) is 0 Å². The molecule has 0 aromatic carbocycles. The van der Waals surface area contributed by atoms with E-state index >= 15 is 0 Å². The van der Waals surface area contributed by atoms with Crippen LogP contribution in [0.5, 0.6) is 0 Å². The Morgan fingerprint density at radius 1 is 1.32 bits per heavy atom. The van der Waals surface area contributed by atoms with E-state index in [1.54, 1.807) is 0 Å². The molecule has 2 atom stereocenters. The van der Waals surface area contributed by atoms with Gasteiger partial charge in [-0.3, -0.25) is 9.88 Å². The second-order valence-electron chi connectivity index (χ2n) is 5.93. The molecule has 1 aromatic heterocycles. The maximum absolute atomic E-state index is 9.47. The maximum Gasteiger partial charge on any atom is 0.0543 e. The summed E-state index contributed by atoms with van der Waals surface area (Å²) in [6.07, 6.45) is 2.98. The molecule has 1 aromatic rings. The topological polar surface area (TPSA) is 39.6 Å². The minimum Gasteiger partial charge on any atom is -0.396 e. The van der Waals surface area contributed by atoms with Gasteiger partial charge >= 0.3 is 0 Å². The largest absolute Gasteiger partial charge is 0.396 e. The van der Waals surface area contributed by atoms with Gasteiger partial charge in [-0.1, -0.05) is 6.07 Å². The van der Waals surface area contributed by atoms with E-state index in [4.69, 9.17) is 0 Å². The highest BCUT2D eigenvalue weighted by Crippen LogP contribution is 2.23. The van der Waals surface area contributed by atoms with Crippen LogP contribution in [0.3, 0.4) is 0 Å². The van der Waals surface area contributed by atoms with Gasteiger partial charge in [0, 0.05) is 39.0 Å². The van der Waals surface area contributed by atoms with Crippen molar-refractivity contribution in [2.24, 2.45) is 11.8 Å². The Morgan fingerprint density at radius 2 is 2.11 bits per heavy atom. The van der Waals surface area contributed by atoms with E-state index < -0.39 is 0 Å². The van der Waals surface area contributed by atoms with Crippen molar-refractivity contribution in [1.82, 2.24) is 14.8 Å². The fourth-order valence-corrected chi connectivity index (χ4v) is 3.06.